The fourth-order valence-electron chi connectivity index (χ4n) is 6.22. The molecule has 0 saturated heterocycles. The smallest absolute Gasteiger partial charge is 1.00 e. The number of fused-ring (bicyclic) bond motifs is 4. The first-order chi connectivity index (χ1) is 17.5. The van der Waals surface area contributed by atoms with Crippen LogP contribution in [-0.2, 0) is 26.2 Å². The standard InChI is InChI=1S/C33H29.C2H6Si.2ClH.Zr/c1-5-23-18-31-27(32-21(3)16-20(2)17-22(32)4)13-9-15-29(31)33(23)28-14-8-12-26-25-11-7-6-10-24(25)19-30(26)28;1-3-2;;;/h6-19,33H,5H2,1-4H3;1-2H3;2*1H;/q-1;;;;+3/p-2. The number of hydrogen-bond acceptors (Lipinski definition) is 0. The van der Waals surface area contributed by atoms with Gasteiger partial charge in [0.15, 0.2) is 0 Å². The van der Waals surface area contributed by atoms with E-state index >= 15 is 0 Å². The molecule has 0 N–H and O–H groups in total. The average Bonchev–Trinajstić information content (AvgIpc) is 3.43. The molecule has 0 nitrogen and oxygen atoms in total. The van der Waals surface area contributed by atoms with Crippen LogP contribution in [0.3, 0.4) is 0 Å². The Morgan fingerprint density at radius 1 is 0.769 bits per heavy atom. The Morgan fingerprint density at radius 3 is 2.03 bits per heavy atom. The van der Waals surface area contributed by atoms with E-state index in [2.05, 4.69) is 126 Å². The van der Waals surface area contributed by atoms with Gasteiger partial charge < -0.3 is 24.8 Å². The second kappa shape index (κ2) is 14.2. The van der Waals surface area contributed by atoms with Crippen LogP contribution in [0.25, 0.3) is 38.7 Å². The van der Waals surface area contributed by atoms with E-state index in [0.717, 1.165) is 15.9 Å². The van der Waals surface area contributed by atoms with E-state index in [9.17, 15) is 0 Å². The zero-order chi connectivity index (χ0) is 25.4. The van der Waals surface area contributed by atoms with Gasteiger partial charge in [-0.3, -0.25) is 0 Å². The Bertz CT molecular complexity index is 1590. The molecule has 0 aliphatic heterocycles. The van der Waals surface area contributed by atoms with Crippen molar-refractivity contribution in [2.24, 2.45) is 0 Å². The van der Waals surface area contributed by atoms with E-state index in [-0.39, 0.29) is 51.0 Å². The van der Waals surface area contributed by atoms with Gasteiger partial charge in [0, 0.05) is 15.4 Å². The Hall–Kier alpha value is -1.83. The van der Waals surface area contributed by atoms with Crippen molar-refractivity contribution < 1.29 is 51.0 Å². The van der Waals surface area contributed by atoms with E-state index in [4.69, 9.17) is 0 Å². The number of allylic oxidation sites excluding steroid dienone is 1. The zero-order valence-corrected chi connectivity index (χ0v) is 28.6. The maximum absolute atomic E-state index is 2.48. The first-order valence-electron chi connectivity index (χ1n) is 13.1. The molecule has 5 aromatic carbocycles. The molecule has 3 radical (unpaired) electrons. The number of benzene rings is 4. The van der Waals surface area contributed by atoms with Gasteiger partial charge in [-0.25, -0.2) is 0 Å². The molecule has 0 fully saturated rings. The monoisotopic (exact) mass is 643 g/mol. The van der Waals surface area contributed by atoms with Crippen LogP contribution in [0.5, 0.6) is 0 Å². The van der Waals surface area contributed by atoms with E-state index in [0.29, 0.717) is 5.92 Å². The van der Waals surface area contributed by atoms with Crippen LogP contribution < -0.4 is 24.8 Å². The first-order valence-corrected chi connectivity index (χ1v) is 15.1. The number of aryl methyl sites for hydroxylation is 3. The Balaban J connectivity index is 0.000000852. The van der Waals surface area contributed by atoms with Crippen molar-refractivity contribution in [3.63, 3.8) is 0 Å². The van der Waals surface area contributed by atoms with E-state index in [1.54, 1.807) is 0 Å². The van der Waals surface area contributed by atoms with Gasteiger partial charge in [0.2, 0.25) is 0 Å². The van der Waals surface area contributed by atoms with Crippen LogP contribution in [-0.4, -0.2) is 9.52 Å². The topological polar surface area (TPSA) is 0 Å². The molecule has 0 bridgehead atoms. The third-order valence-corrected chi connectivity index (χ3v) is 7.51. The third kappa shape index (κ3) is 6.11. The Kier molecular flexibility index (Phi) is 12.1. The van der Waals surface area contributed by atoms with Gasteiger partial charge in [0.05, 0.1) is 0 Å². The second-order valence-corrected chi connectivity index (χ2v) is 11.1. The SMILES string of the molecule is CCC1=Cc2c(-c3c(C)cc(C)cc3C)cccc2C1c1cccc2c1[cH-]c1ccccc12.C[Si]C.[Cl-].[Cl-].[Zr+3]. The molecule has 1 unspecified atom stereocenters. The predicted molar refractivity (Wildman–Crippen MR) is 161 cm³/mol. The molecular weight excluding hydrogens is 611 g/mol. The number of hydrogen-bond donors (Lipinski definition) is 0. The quantitative estimate of drug-likeness (QED) is 0.206. The van der Waals surface area contributed by atoms with Crippen molar-refractivity contribution >= 4 is 37.1 Å². The zero-order valence-electron chi connectivity index (χ0n) is 23.6. The van der Waals surface area contributed by atoms with Gasteiger partial charge in [-0.2, -0.15) is 0 Å². The summed E-state index contributed by atoms with van der Waals surface area (Å²) in [6, 6.07) is 29.6. The summed E-state index contributed by atoms with van der Waals surface area (Å²) < 4.78 is 0. The van der Waals surface area contributed by atoms with Crippen molar-refractivity contribution in [2.75, 3.05) is 0 Å². The molecule has 197 valence electrons. The second-order valence-electron chi connectivity index (χ2n) is 10.1. The molecule has 4 heteroatoms. The van der Waals surface area contributed by atoms with Crippen molar-refractivity contribution in [2.45, 2.75) is 53.1 Å². The van der Waals surface area contributed by atoms with Crippen LogP contribution in [0, 0.1) is 20.8 Å². The van der Waals surface area contributed by atoms with Gasteiger partial charge in [-0.15, -0.1) is 33.7 Å². The van der Waals surface area contributed by atoms with Crippen LogP contribution in [0.2, 0.25) is 13.1 Å². The maximum Gasteiger partial charge on any atom is 3.00 e. The predicted octanol–water partition coefficient (Wildman–Crippen LogP) is 4.04. The summed E-state index contributed by atoms with van der Waals surface area (Å²) in [5, 5.41) is 5.45. The van der Waals surface area contributed by atoms with Crippen molar-refractivity contribution in [1.82, 2.24) is 0 Å². The summed E-state index contributed by atoms with van der Waals surface area (Å²) >= 11 is 0. The van der Waals surface area contributed by atoms with Crippen LogP contribution >= 0.6 is 0 Å². The van der Waals surface area contributed by atoms with Crippen molar-refractivity contribution in [3.8, 4) is 11.1 Å². The molecular formula is C35H35Cl2SiZr. The minimum Gasteiger partial charge on any atom is -1.00 e. The molecule has 0 saturated carbocycles. The van der Waals surface area contributed by atoms with Gasteiger partial charge >= 0.3 is 26.2 Å². The van der Waals surface area contributed by atoms with Gasteiger partial charge in [-0.05, 0) is 60.6 Å². The molecule has 39 heavy (non-hydrogen) atoms. The third-order valence-electron chi connectivity index (χ3n) is 7.51. The largest absolute Gasteiger partial charge is 3.00 e. The molecule has 5 aromatic rings. The summed E-state index contributed by atoms with van der Waals surface area (Å²) in [7, 11) is 1.08. The summed E-state index contributed by atoms with van der Waals surface area (Å²) in [5.74, 6) is 0.316. The van der Waals surface area contributed by atoms with Gasteiger partial charge in [-0.1, -0.05) is 110 Å². The average molecular weight is 646 g/mol. The number of rotatable bonds is 3. The van der Waals surface area contributed by atoms with Gasteiger partial charge in [0.1, 0.15) is 0 Å². The molecule has 1 aliphatic carbocycles. The molecule has 6 rings (SSSR count). The Labute approximate surface area is 268 Å². The molecule has 0 aromatic heterocycles. The van der Waals surface area contributed by atoms with Crippen molar-refractivity contribution in [3.05, 3.63) is 118 Å². The van der Waals surface area contributed by atoms with Crippen LogP contribution in [0.15, 0.2) is 84.4 Å². The summed E-state index contributed by atoms with van der Waals surface area (Å²) in [4.78, 5) is 0. The van der Waals surface area contributed by atoms with E-state index in [1.165, 1.54) is 71.6 Å². The molecule has 0 spiro atoms. The summed E-state index contributed by atoms with van der Waals surface area (Å²) in [5.41, 5.74) is 12.6. The number of halogens is 2. The summed E-state index contributed by atoms with van der Waals surface area (Å²) in [6.45, 7) is 13.3. The minimum atomic E-state index is 0. The Morgan fingerprint density at radius 2 is 1.36 bits per heavy atom. The minimum absolute atomic E-state index is 0. The summed E-state index contributed by atoms with van der Waals surface area (Å²) in [6.07, 6.45) is 3.54. The normalized spacial score (nSPS) is 13.4. The first kappa shape index (κ1) is 33.4. The van der Waals surface area contributed by atoms with E-state index < -0.39 is 0 Å². The van der Waals surface area contributed by atoms with E-state index in [1.807, 2.05) is 0 Å². The molecule has 0 amide bonds. The molecule has 1 atom stereocenters. The molecule has 1 aliphatic rings. The van der Waals surface area contributed by atoms with Crippen molar-refractivity contribution in [1.29, 1.82) is 0 Å². The van der Waals surface area contributed by atoms with Gasteiger partial charge in [0.25, 0.3) is 0 Å². The fraction of sp³-hybridized carbons (Fsp3) is 0.229. The van der Waals surface area contributed by atoms with Crippen LogP contribution in [0.1, 0.15) is 52.6 Å². The fourth-order valence-corrected chi connectivity index (χ4v) is 6.22. The molecule has 0 heterocycles. The van der Waals surface area contributed by atoms with Crippen LogP contribution in [0.4, 0.5) is 0 Å². The maximum atomic E-state index is 2.48.